The van der Waals surface area contributed by atoms with Crippen LogP contribution in [0.4, 0.5) is 13.2 Å². The molecule has 0 radical (unpaired) electrons. The van der Waals surface area contributed by atoms with Crippen LogP contribution in [0.5, 0.6) is 0 Å². The molecule has 0 saturated carbocycles. The fourth-order valence-corrected chi connectivity index (χ4v) is 0.516. The topological polar surface area (TPSA) is 46.5 Å². The van der Waals surface area contributed by atoms with E-state index in [4.69, 9.17) is 5.11 Å². The SMILES string of the molecule is C[C@@H](CC(=O)O)OC(F)(F)F. The Morgan fingerprint density at radius 2 is 2.09 bits per heavy atom. The third-order valence-electron chi connectivity index (χ3n) is 0.797. The first-order chi connectivity index (χ1) is 4.81. The summed E-state index contributed by atoms with van der Waals surface area (Å²) in [7, 11) is 0. The molecule has 0 bridgehead atoms. The van der Waals surface area contributed by atoms with Crippen molar-refractivity contribution in [3.8, 4) is 0 Å². The van der Waals surface area contributed by atoms with E-state index in [2.05, 4.69) is 4.74 Å². The predicted molar refractivity (Wildman–Crippen MR) is 28.9 cm³/mol. The average molecular weight is 172 g/mol. The second kappa shape index (κ2) is 3.56. The first kappa shape index (κ1) is 10.2. The summed E-state index contributed by atoms with van der Waals surface area (Å²) in [4.78, 5) is 9.85. The fraction of sp³-hybridized carbons (Fsp3) is 0.800. The minimum Gasteiger partial charge on any atom is -0.481 e. The van der Waals surface area contributed by atoms with Crippen molar-refractivity contribution in [3.63, 3.8) is 0 Å². The standard InChI is InChI=1S/C5H7F3O3/c1-3(2-4(9)10)11-5(6,7)8/h3H,2H2,1H3,(H,9,10)/t3-/m0/s1. The van der Waals surface area contributed by atoms with Gasteiger partial charge >= 0.3 is 12.3 Å². The van der Waals surface area contributed by atoms with E-state index in [0.717, 1.165) is 6.92 Å². The van der Waals surface area contributed by atoms with Crippen LogP contribution < -0.4 is 0 Å². The van der Waals surface area contributed by atoms with Crippen LogP contribution in [0.15, 0.2) is 0 Å². The Hall–Kier alpha value is -0.780. The highest BCUT2D eigenvalue weighted by Crippen LogP contribution is 2.19. The quantitative estimate of drug-likeness (QED) is 0.699. The van der Waals surface area contributed by atoms with Gasteiger partial charge in [-0.3, -0.25) is 9.53 Å². The number of carboxylic acid groups (broad SMARTS) is 1. The molecular weight excluding hydrogens is 165 g/mol. The fourth-order valence-electron chi connectivity index (χ4n) is 0.516. The maximum atomic E-state index is 11.3. The zero-order valence-electron chi connectivity index (χ0n) is 5.68. The van der Waals surface area contributed by atoms with E-state index in [1.807, 2.05) is 0 Å². The van der Waals surface area contributed by atoms with Crippen molar-refractivity contribution >= 4 is 5.97 Å². The van der Waals surface area contributed by atoms with E-state index in [9.17, 15) is 18.0 Å². The molecule has 0 unspecified atom stereocenters. The molecule has 6 heteroatoms. The first-order valence-corrected chi connectivity index (χ1v) is 2.77. The largest absolute Gasteiger partial charge is 0.522 e. The highest BCUT2D eigenvalue weighted by molar-refractivity contribution is 5.67. The minimum absolute atomic E-state index is 0.653. The van der Waals surface area contributed by atoms with Crippen LogP contribution in [0.2, 0.25) is 0 Å². The third kappa shape index (κ3) is 7.11. The number of hydrogen-bond acceptors (Lipinski definition) is 2. The van der Waals surface area contributed by atoms with Gasteiger partial charge in [0.15, 0.2) is 0 Å². The van der Waals surface area contributed by atoms with Crippen LogP contribution in [-0.2, 0) is 9.53 Å². The number of carbonyl (C=O) groups is 1. The molecule has 1 atom stereocenters. The molecule has 0 aliphatic heterocycles. The number of ether oxygens (including phenoxy) is 1. The summed E-state index contributed by atoms with van der Waals surface area (Å²) in [6.07, 6.45) is -6.75. The Morgan fingerprint density at radius 1 is 1.64 bits per heavy atom. The van der Waals surface area contributed by atoms with E-state index in [1.54, 1.807) is 0 Å². The van der Waals surface area contributed by atoms with Gasteiger partial charge in [0.05, 0.1) is 12.5 Å². The maximum Gasteiger partial charge on any atom is 0.522 e. The van der Waals surface area contributed by atoms with E-state index >= 15 is 0 Å². The molecule has 11 heavy (non-hydrogen) atoms. The summed E-state index contributed by atoms with van der Waals surface area (Å²) >= 11 is 0. The molecule has 0 amide bonds. The van der Waals surface area contributed by atoms with Crippen molar-refractivity contribution < 1.29 is 27.8 Å². The molecule has 0 saturated heterocycles. The summed E-state index contributed by atoms with van der Waals surface area (Å²) in [5.41, 5.74) is 0. The molecule has 0 fully saturated rings. The number of halogens is 3. The van der Waals surface area contributed by atoms with Gasteiger partial charge in [0, 0.05) is 0 Å². The van der Waals surface area contributed by atoms with Crippen molar-refractivity contribution in [2.75, 3.05) is 0 Å². The maximum absolute atomic E-state index is 11.3. The zero-order chi connectivity index (χ0) is 9.07. The molecule has 0 spiro atoms. The number of carboxylic acids is 1. The van der Waals surface area contributed by atoms with Gasteiger partial charge in [0.25, 0.3) is 0 Å². The lowest BCUT2D eigenvalue weighted by atomic mass is 10.3. The molecule has 1 N–H and O–H groups in total. The molecule has 0 aromatic heterocycles. The van der Waals surface area contributed by atoms with Crippen LogP contribution in [0.25, 0.3) is 0 Å². The highest BCUT2D eigenvalue weighted by atomic mass is 19.4. The Kier molecular flexibility index (Phi) is 3.31. The number of alkyl halides is 3. The third-order valence-corrected chi connectivity index (χ3v) is 0.797. The van der Waals surface area contributed by atoms with Crippen molar-refractivity contribution in [1.82, 2.24) is 0 Å². The van der Waals surface area contributed by atoms with Crippen LogP contribution in [0, 0.1) is 0 Å². The average Bonchev–Trinajstić information content (AvgIpc) is 1.53. The van der Waals surface area contributed by atoms with Gasteiger partial charge in [-0.25, -0.2) is 0 Å². The number of aliphatic carboxylic acids is 1. The number of hydrogen-bond donors (Lipinski definition) is 1. The van der Waals surface area contributed by atoms with Crippen LogP contribution in [0.3, 0.4) is 0 Å². The lowest BCUT2D eigenvalue weighted by molar-refractivity contribution is -0.340. The summed E-state index contributed by atoms with van der Waals surface area (Å²) in [6.45, 7) is 1.04. The second-order valence-corrected chi connectivity index (χ2v) is 1.97. The molecule has 0 aromatic rings. The van der Waals surface area contributed by atoms with Gasteiger partial charge in [-0.1, -0.05) is 0 Å². The Morgan fingerprint density at radius 3 is 2.36 bits per heavy atom. The predicted octanol–water partition coefficient (Wildman–Crippen LogP) is 1.39. The smallest absolute Gasteiger partial charge is 0.481 e. The van der Waals surface area contributed by atoms with E-state index in [-0.39, 0.29) is 0 Å². The molecule has 0 rings (SSSR count). The van der Waals surface area contributed by atoms with Crippen molar-refractivity contribution in [2.24, 2.45) is 0 Å². The Balaban J connectivity index is 3.69. The van der Waals surface area contributed by atoms with E-state index in [0.29, 0.717) is 0 Å². The van der Waals surface area contributed by atoms with Gasteiger partial charge < -0.3 is 5.11 Å². The van der Waals surface area contributed by atoms with Crippen molar-refractivity contribution in [3.05, 3.63) is 0 Å². The zero-order valence-corrected chi connectivity index (χ0v) is 5.68. The molecular formula is C5H7F3O3. The van der Waals surface area contributed by atoms with E-state index in [1.165, 1.54) is 0 Å². The second-order valence-electron chi connectivity index (χ2n) is 1.97. The molecule has 0 aliphatic carbocycles. The van der Waals surface area contributed by atoms with Gasteiger partial charge in [-0.2, -0.15) is 0 Å². The van der Waals surface area contributed by atoms with E-state index < -0.39 is 24.9 Å². The highest BCUT2D eigenvalue weighted by Gasteiger charge is 2.32. The summed E-state index contributed by atoms with van der Waals surface area (Å²) in [5.74, 6) is -1.32. The Bertz CT molecular complexity index is 142. The lowest BCUT2D eigenvalue weighted by Gasteiger charge is -2.12. The van der Waals surface area contributed by atoms with Crippen LogP contribution in [-0.4, -0.2) is 23.5 Å². The van der Waals surface area contributed by atoms with Crippen molar-refractivity contribution in [1.29, 1.82) is 0 Å². The van der Waals surface area contributed by atoms with Gasteiger partial charge in [-0.15, -0.1) is 13.2 Å². The molecule has 0 aromatic carbocycles. The molecule has 66 valence electrons. The van der Waals surface area contributed by atoms with Gasteiger partial charge in [0.2, 0.25) is 0 Å². The monoisotopic (exact) mass is 172 g/mol. The number of rotatable bonds is 3. The molecule has 0 heterocycles. The van der Waals surface area contributed by atoms with Crippen molar-refractivity contribution in [2.45, 2.75) is 25.8 Å². The summed E-state index contributed by atoms with van der Waals surface area (Å²) < 4.78 is 37.4. The summed E-state index contributed by atoms with van der Waals surface area (Å²) in [6, 6.07) is 0. The molecule has 0 aliphatic rings. The van der Waals surface area contributed by atoms with Crippen LogP contribution >= 0.6 is 0 Å². The van der Waals surface area contributed by atoms with Gasteiger partial charge in [-0.05, 0) is 6.92 Å². The normalized spacial score (nSPS) is 14.5. The minimum atomic E-state index is -4.76. The Labute approximate surface area is 60.8 Å². The van der Waals surface area contributed by atoms with Crippen LogP contribution in [0.1, 0.15) is 13.3 Å². The first-order valence-electron chi connectivity index (χ1n) is 2.77. The molecule has 3 nitrogen and oxygen atoms in total. The van der Waals surface area contributed by atoms with Gasteiger partial charge in [0.1, 0.15) is 0 Å². The summed E-state index contributed by atoms with van der Waals surface area (Å²) in [5, 5.41) is 8.03. The lowest BCUT2D eigenvalue weighted by Crippen LogP contribution is -2.23.